The van der Waals surface area contributed by atoms with E-state index in [4.69, 9.17) is 14.2 Å². The topological polar surface area (TPSA) is 44.8 Å². The Bertz CT molecular complexity index is 852. The standard InChI is InChI=1S/C25H35O4P.Li/c1-14(2)27-20-12-21(28-15(3)4)24(22(13-20)29-16(5)6)30-25(26)23-18(8)10-17(7)11-19(23)9;/h10-16,30H,1-9H3;. The first kappa shape index (κ1) is 27.6. The van der Waals surface area contributed by atoms with Crippen LogP contribution in [-0.4, -0.2) is 42.7 Å². The van der Waals surface area contributed by atoms with Gasteiger partial charge in [-0.1, -0.05) is 17.7 Å². The molecule has 0 amide bonds. The molecule has 2 aromatic carbocycles. The molecule has 2 aromatic rings. The zero-order valence-corrected chi connectivity index (χ0v) is 21.7. The molecule has 0 spiro atoms. The van der Waals surface area contributed by atoms with Gasteiger partial charge in [0.15, 0.2) is 5.52 Å². The van der Waals surface area contributed by atoms with Crippen LogP contribution in [0.1, 0.15) is 68.6 Å². The first-order chi connectivity index (χ1) is 14.0. The summed E-state index contributed by atoms with van der Waals surface area (Å²) in [4.78, 5) is 13.4. The minimum Gasteiger partial charge on any atom is -0.491 e. The molecule has 0 aliphatic rings. The maximum absolute atomic E-state index is 13.4. The van der Waals surface area contributed by atoms with Gasteiger partial charge in [0.05, 0.1) is 23.6 Å². The Morgan fingerprint density at radius 1 is 0.742 bits per heavy atom. The van der Waals surface area contributed by atoms with Crippen molar-refractivity contribution in [3.8, 4) is 17.2 Å². The monoisotopic (exact) mass is 437 g/mol. The fourth-order valence-corrected chi connectivity index (χ4v) is 4.69. The smallest absolute Gasteiger partial charge is 0.186 e. The van der Waals surface area contributed by atoms with E-state index in [1.165, 1.54) is 0 Å². The number of rotatable bonds is 9. The van der Waals surface area contributed by atoms with Gasteiger partial charge in [0.2, 0.25) is 0 Å². The summed E-state index contributed by atoms with van der Waals surface area (Å²) in [5, 5.41) is 0.790. The van der Waals surface area contributed by atoms with E-state index in [1.807, 2.05) is 74.4 Å². The summed E-state index contributed by atoms with van der Waals surface area (Å²) in [6.07, 6.45) is -0.0445. The van der Waals surface area contributed by atoms with E-state index in [-0.39, 0.29) is 51.3 Å². The first-order valence-electron chi connectivity index (χ1n) is 10.5. The molecule has 0 aliphatic carbocycles. The molecular formula is C25H35LiO4P. The molecule has 0 aliphatic heterocycles. The number of carbonyl (C=O) groups excluding carboxylic acids is 1. The van der Waals surface area contributed by atoms with Gasteiger partial charge < -0.3 is 14.2 Å². The van der Waals surface area contributed by atoms with Crippen LogP contribution in [0, 0.1) is 20.8 Å². The van der Waals surface area contributed by atoms with Gasteiger partial charge in [-0.15, -0.1) is 0 Å². The summed E-state index contributed by atoms with van der Waals surface area (Å²) >= 11 is 0. The molecule has 1 atom stereocenters. The minimum atomic E-state index is -0.110. The molecule has 0 bridgehead atoms. The van der Waals surface area contributed by atoms with E-state index in [1.54, 1.807) is 0 Å². The summed E-state index contributed by atoms with van der Waals surface area (Å²) in [7, 11) is -0.110. The maximum atomic E-state index is 13.4. The van der Waals surface area contributed by atoms with Crippen LogP contribution in [0.15, 0.2) is 24.3 Å². The SMILES string of the molecule is Cc1cc(C)c(C(=O)Pc2c(OC(C)C)cc(OC(C)C)cc2OC(C)C)c(C)c1.[Li]. The van der Waals surface area contributed by atoms with Crippen molar-refractivity contribution >= 4 is 38.3 Å². The van der Waals surface area contributed by atoms with Crippen LogP contribution < -0.4 is 19.5 Å². The Hall–Kier alpha value is -1.46. The van der Waals surface area contributed by atoms with E-state index in [0.717, 1.165) is 27.6 Å². The Morgan fingerprint density at radius 3 is 1.55 bits per heavy atom. The molecule has 0 saturated heterocycles. The predicted molar refractivity (Wildman–Crippen MR) is 132 cm³/mol. The Morgan fingerprint density at radius 2 is 1.16 bits per heavy atom. The molecule has 165 valence electrons. The van der Waals surface area contributed by atoms with Gasteiger partial charge >= 0.3 is 0 Å². The summed E-state index contributed by atoms with van der Waals surface area (Å²) < 4.78 is 18.1. The quantitative estimate of drug-likeness (QED) is 0.371. The number of carbonyl (C=O) groups is 1. The Labute approximate surface area is 201 Å². The molecule has 31 heavy (non-hydrogen) atoms. The molecule has 1 radical (unpaired) electrons. The van der Waals surface area contributed by atoms with Crippen molar-refractivity contribution in [2.45, 2.75) is 80.6 Å². The number of aryl methyl sites for hydroxylation is 3. The van der Waals surface area contributed by atoms with Crippen molar-refractivity contribution in [1.82, 2.24) is 0 Å². The molecule has 4 nitrogen and oxygen atoms in total. The van der Waals surface area contributed by atoms with Crippen molar-refractivity contribution in [1.29, 1.82) is 0 Å². The van der Waals surface area contributed by atoms with Gasteiger partial charge in [-0.25, -0.2) is 0 Å². The number of hydrogen-bond donors (Lipinski definition) is 0. The van der Waals surface area contributed by atoms with E-state index < -0.39 is 0 Å². The summed E-state index contributed by atoms with van der Waals surface area (Å²) in [6.45, 7) is 17.9. The zero-order valence-electron chi connectivity index (χ0n) is 20.7. The Kier molecular flexibility index (Phi) is 10.6. The average molecular weight is 437 g/mol. The van der Waals surface area contributed by atoms with Crippen molar-refractivity contribution in [2.75, 3.05) is 0 Å². The van der Waals surface area contributed by atoms with E-state index in [9.17, 15) is 4.79 Å². The second-order valence-electron chi connectivity index (χ2n) is 8.52. The van der Waals surface area contributed by atoms with Gasteiger partial charge in [-0.2, -0.15) is 0 Å². The molecule has 0 fully saturated rings. The molecule has 0 heterocycles. The predicted octanol–water partition coefficient (Wildman–Crippen LogP) is 5.74. The average Bonchev–Trinajstić information content (AvgIpc) is 2.55. The third-order valence-corrected chi connectivity index (χ3v) is 5.50. The van der Waals surface area contributed by atoms with Crippen LogP contribution in [0.5, 0.6) is 17.2 Å². The number of hydrogen-bond acceptors (Lipinski definition) is 4. The largest absolute Gasteiger partial charge is 0.491 e. The van der Waals surface area contributed by atoms with Crippen LogP contribution in [0.25, 0.3) is 0 Å². The molecule has 2 rings (SSSR count). The van der Waals surface area contributed by atoms with Gasteiger partial charge in [-0.05, 0) is 82.0 Å². The molecule has 1 unspecified atom stereocenters. The molecule has 0 aromatic heterocycles. The summed E-state index contributed by atoms with van der Waals surface area (Å²) in [5.41, 5.74) is 4.04. The van der Waals surface area contributed by atoms with Crippen LogP contribution in [-0.2, 0) is 0 Å². The molecular weight excluding hydrogens is 402 g/mol. The second kappa shape index (κ2) is 12.0. The number of ether oxygens (including phenoxy) is 3. The maximum Gasteiger partial charge on any atom is 0.186 e. The van der Waals surface area contributed by atoms with Gasteiger partial charge in [-0.3, -0.25) is 4.79 Å². The summed E-state index contributed by atoms with van der Waals surface area (Å²) in [5.74, 6) is 1.97. The van der Waals surface area contributed by atoms with Crippen molar-refractivity contribution < 1.29 is 19.0 Å². The van der Waals surface area contributed by atoms with E-state index in [0.29, 0.717) is 17.2 Å². The van der Waals surface area contributed by atoms with Crippen molar-refractivity contribution in [3.05, 3.63) is 46.5 Å². The van der Waals surface area contributed by atoms with Crippen molar-refractivity contribution in [2.24, 2.45) is 0 Å². The van der Waals surface area contributed by atoms with Crippen LogP contribution in [0.2, 0.25) is 0 Å². The molecule has 0 saturated carbocycles. The Balaban J connectivity index is 0.00000480. The molecule has 0 N–H and O–H groups in total. The second-order valence-corrected chi connectivity index (χ2v) is 9.73. The first-order valence-corrected chi connectivity index (χ1v) is 11.5. The van der Waals surface area contributed by atoms with Crippen LogP contribution in [0.3, 0.4) is 0 Å². The minimum absolute atomic E-state index is 0. The number of benzene rings is 2. The van der Waals surface area contributed by atoms with Crippen LogP contribution >= 0.6 is 8.58 Å². The third-order valence-electron chi connectivity index (χ3n) is 4.28. The zero-order chi connectivity index (χ0) is 22.6. The van der Waals surface area contributed by atoms with E-state index >= 15 is 0 Å². The van der Waals surface area contributed by atoms with Crippen LogP contribution in [0.4, 0.5) is 0 Å². The molecule has 6 heteroatoms. The van der Waals surface area contributed by atoms with Crippen molar-refractivity contribution in [3.63, 3.8) is 0 Å². The normalized spacial score (nSPS) is 11.4. The third kappa shape index (κ3) is 7.87. The fourth-order valence-electron chi connectivity index (χ4n) is 3.44. The van der Waals surface area contributed by atoms with E-state index in [2.05, 4.69) is 12.1 Å². The van der Waals surface area contributed by atoms with Gasteiger partial charge in [0.25, 0.3) is 0 Å². The van der Waals surface area contributed by atoms with Gasteiger partial charge in [0, 0.05) is 36.6 Å². The fraction of sp³-hybridized carbons (Fsp3) is 0.480. The summed E-state index contributed by atoms with van der Waals surface area (Å²) in [6, 6.07) is 7.86. The van der Waals surface area contributed by atoms with Gasteiger partial charge in [0.1, 0.15) is 17.2 Å².